The SMILES string of the molecule is OC1CCN(c2ccc(C#Cc3ccc(-c4ccc(Cl)cc4)cn3)cn2)C1. The fourth-order valence-corrected chi connectivity index (χ4v) is 3.14. The lowest BCUT2D eigenvalue weighted by Crippen LogP contribution is -2.21. The van der Waals surface area contributed by atoms with Gasteiger partial charge in [0.15, 0.2) is 0 Å². The van der Waals surface area contributed by atoms with E-state index in [1.165, 1.54) is 0 Å². The van der Waals surface area contributed by atoms with Crippen molar-refractivity contribution < 1.29 is 5.11 Å². The van der Waals surface area contributed by atoms with Gasteiger partial charge in [0.25, 0.3) is 0 Å². The Hall–Kier alpha value is -2.87. The second-order valence-corrected chi connectivity index (χ2v) is 6.92. The number of β-amino-alcohol motifs (C(OH)–C–C–N with tert-alkyl or cyclic N) is 1. The highest BCUT2D eigenvalue weighted by atomic mass is 35.5. The summed E-state index contributed by atoms with van der Waals surface area (Å²) in [6.45, 7) is 1.48. The maximum absolute atomic E-state index is 9.63. The molecule has 2 aromatic heterocycles. The predicted molar refractivity (Wildman–Crippen MR) is 108 cm³/mol. The topological polar surface area (TPSA) is 49.2 Å². The van der Waals surface area contributed by atoms with Gasteiger partial charge in [-0.15, -0.1) is 0 Å². The first-order valence-corrected chi connectivity index (χ1v) is 9.18. The molecular weight excluding hydrogens is 358 g/mol. The summed E-state index contributed by atoms with van der Waals surface area (Å²) in [5, 5.41) is 10.3. The fraction of sp³-hybridized carbons (Fsp3) is 0.182. The minimum absolute atomic E-state index is 0.256. The van der Waals surface area contributed by atoms with E-state index in [0.29, 0.717) is 12.2 Å². The lowest BCUT2D eigenvalue weighted by Gasteiger charge is -2.15. The number of halogens is 1. The molecule has 0 spiro atoms. The summed E-state index contributed by atoms with van der Waals surface area (Å²) in [6.07, 6.45) is 4.11. The standard InChI is InChI=1S/C22H18ClN3O/c23-19-6-3-17(4-7-19)18-5-9-20(24-14-18)8-1-16-2-10-22(25-13-16)26-12-11-21(27)15-26/h2-7,9-10,13-14,21,27H,11-12,15H2. The zero-order chi connectivity index (χ0) is 18.6. The van der Waals surface area contributed by atoms with Crippen LogP contribution in [-0.4, -0.2) is 34.3 Å². The molecule has 4 rings (SSSR count). The Balaban J connectivity index is 1.45. The highest BCUT2D eigenvalue weighted by Crippen LogP contribution is 2.21. The van der Waals surface area contributed by atoms with E-state index in [4.69, 9.17) is 11.6 Å². The van der Waals surface area contributed by atoms with Crippen LogP contribution in [0.3, 0.4) is 0 Å². The number of rotatable bonds is 2. The summed E-state index contributed by atoms with van der Waals surface area (Å²) in [6, 6.07) is 15.5. The molecule has 3 aromatic rings. The summed E-state index contributed by atoms with van der Waals surface area (Å²) >= 11 is 5.92. The van der Waals surface area contributed by atoms with E-state index in [2.05, 4.69) is 26.7 Å². The van der Waals surface area contributed by atoms with Crippen molar-refractivity contribution in [3.05, 3.63) is 77.2 Å². The molecule has 0 saturated carbocycles. The number of aromatic nitrogens is 2. The van der Waals surface area contributed by atoms with E-state index in [9.17, 15) is 5.11 Å². The minimum atomic E-state index is -0.256. The number of pyridine rings is 2. The Kier molecular flexibility index (Phi) is 5.06. The molecule has 0 amide bonds. The average Bonchev–Trinajstić information content (AvgIpc) is 3.14. The molecule has 134 valence electrons. The van der Waals surface area contributed by atoms with Crippen LogP contribution in [0.2, 0.25) is 5.02 Å². The molecule has 0 bridgehead atoms. The van der Waals surface area contributed by atoms with Crippen LogP contribution in [0.25, 0.3) is 11.1 Å². The molecule has 1 N–H and O–H groups in total. The van der Waals surface area contributed by atoms with E-state index in [-0.39, 0.29) is 6.10 Å². The van der Waals surface area contributed by atoms with Crippen molar-refractivity contribution in [1.29, 1.82) is 0 Å². The number of aliphatic hydroxyl groups excluding tert-OH is 1. The molecule has 1 unspecified atom stereocenters. The van der Waals surface area contributed by atoms with Crippen molar-refractivity contribution in [2.75, 3.05) is 18.0 Å². The number of hydrogen-bond acceptors (Lipinski definition) is 4. The molecule has 1 saturated heterocycles. The molecule has 0 radical (unpaired) electrons. The van der Waals surface area contributed by atoms with Gasteiger partial charge in [0, 0.05) is 41.6 Å². The molecule has 1 fully saturated rings. The Labute approximate surface area is 163 Å². The van der Waals surface area contributed by atoms with Gasteiger partial charge < -0.3 is 10.0 Å². The van der Waals surface area contributed by atoms with E-state index < -0.39 is 0 Å². The summed E-state index contributed by atoms with van der Waals surface area (Å²) in [5.74, 6) is 7.04. The lowest BCUT2D eigenvalue weighted by atomic mass is 10.1. The lowest BCUT2D eigenvalue weighted by molar-refractivity contribution is 0.198. The van der Waals surface area contributed by atoms with Crippen LogP contribution in [-0.2, 0) is 0 Å². The molecule has 5 heteroatoms. The van der Waals surface area contributed by atoms with Gasteiger partial charge in [-0.05, 0) is 48.2 Å². The van der Waals surface area contributed by atoms with Crippen LogP contribution in [0.5, 0.6) is 0 Å². The van der Waals surface area contributed by atoms with Crippen LogP contribution < -0.4 is 4.90 Å². The number of anilines is 1. The van der Waals surface area contributed by atoms with Gasteiger partial charge in [-0.25, -0.2) is 9.97 Å². The van der Waals surface area contributed by atoms with Gasteiger partial charge in [-0.2, -0.15) is 0 Å². The summed E-state index contributed by atoms with van der Waals surface area (Å²) in [5.41, 5.74) is 3.63. The maximum atomic E-state index is 9.63. The molecule has 4 nitrogen and oxygen atoms in total. The largest absolute Gasteiger partial charge is 0.391 e. The molecule has 1 atom stereocenters. The zero-order valence-corrected chi connectivity index (χ0v) is 15.4. The third-order valence-corrected chi connectivity index (χ3v) is 4.76. The Morgan fingerprint density at radius 1 is 0.926 bits per heavy atom. The van der Waals surface area contributed by atoms with Crippen LogP contribution in [0.15, 0.2) is 60.9 Å². The molecule has 1 aliphatic rings. The minimum Gasteiger partial charge on any atom is -0.391 e. The second kappa shape index (κ2) is 7.79. The predicted octanol–water partition coefficient (Wildman–Crippen LogP) is 3.77. The number of benzene rings is 1. The highest BCUT2D eigenvalue weighted by Gasteiger charge is 2.20. The van der Waals surface area contributed by atoms with Gasteiger partial charge in [-0.3, -0.25) is 0 Å². The number of aliphatic hydroxyl groups is 1. The van der Waals surface area contributed by atoms with Crippen molar-refractivity contribution in [3.8, 4) is 23.0 Å². The third-order valence-electron chi connectivity index (χ3n) is 4.51. The number of hydrogen-bond donors (Lipinski definition) is 1. The van der Waals surface area contributed by atoms with Gasteiger partial charge in [0.1, 0.15) is 11.5 Å². The second-order valence-electron chi connectivity index (χ2n) is 6.48. The average molecular weight is 376 g/mol. The van der Waals surface area contributed by atoms with Gasteiger partial charge in [0.2, 0.25) is 0 Å². The van der Waals surface area contributed by atoms with Crippen molar-refractivity contribution in [2.24, 2.45) is 0 Å². The van der Waals surface area contributed by atoms with E-state index >= 15 is 0 Å². The molecule has 0 aliphatic carbocycles. The Morgan fingerprint density at radius 3 is 2.37 bits per heavy atom. The van der Waals surface area contributed by atoms with E-state index in [0.717, 1.165) is 40.5 Å². The fourth-order valence-electron chi connectivity index (χ4n) is 3.01. The summed E-state index contributed by atoms with van der Waals surface area (Å²) < 4.78 is 0. The smallest absolute Gasteiger partial charge is 0.128 e. The normalized spacial score (nSPS) is 16.1. The highest BCUT2D eigenvalue weighted by molar-refractivity contribution is 6.30. The summed E-state index contributed by atoms with van der Waals surface area (Å²) in [4.78, 5) is 11.0. The maximum Gasteiger partial charge on any atom is 0.128 e. The van der Waals surface area contributed by atoms with Crippen LogP contribution >= 0.6 is 11.6 Å². The molecule has 1 aliphatic heterocycles. The van der Waals surface area contributed by atoms with E-state index in [1.54, 1.807) is 6.20 Å². The van der Waals surface area contributed by atoms with Crippen LogP contribution in [0.4, 0.5) is 5.82 Å². The van der Waals surface area contributed by atoms with Gasteiger partial charge in [0.05, 0.1) is 6.10 Å². The van der Waals surface area contributed by atoms with Gasteiger partial charge >= 0.3 is 0 Å². The third kappa shape index (κ3) is 4.28. The van der Waals surface area contributed by atoms with Crippen molar-refractivity contribution in [1.82, 2.24) is 9.97 Å². The van der Waals surface area contributed by atoms with Gasteiger partial charge in [-0.1, -0.05) is 35.7 Å². The monoisotopic (exact) mass is 375 g/mol. The molecule has 27 heavy (non-hydrogen) atoms. The van der Waals surface area contributed by atoms with Crippen molar-refractivity contribution in [3.63, 3.8) is 0 Å². The van der Waals surface area contributed by atoms with Crippen molar-refractivity contribution in [2.45, 2.75) is 12.5 Å². The molecule has 3 heterocycles. The first-order valence-electron chi connectivity index (χ1n) is 8.80. The first kappa shape index (κ1) is 17.5. The quantitative estimate of drug-likeness (QED) is 0.693. The zero-order valence-electron chi connectivity index (χ0n) is 14.6. The van der Waals surface area contributed by atoms with Crippen molar-refractivity contribution >= 4 is 17.4 Å². The molecular formula is C22H18ClN3O. The Bertz CT molecular complexity index is 973. The Morgan fingerprint density at radius 2 is 1.74 bits per heavy atom. The molecule has 1 aromatic carbocycles. The van der Waals surface area contributed by atoms with Crippen LogP contribution in [0, 0.1) is 11.8 Å². The van der Waals surface area contributed by atoms with E-state index in [1.807, 2.05) is 54.7 Å². The van der Waals surface area contributed by atoms with Crippen LogP contribution in [0.1, 0.15) is 17.7 Å². The first-order chi connectivity index (χ1) is 13.2. The number of nitrogens with zero attached hydrogens (tertiary/aromatic N) is 3. The summed E-state index contributed by atoms with van der Waals surface area (Å²) in [7, 11) is 0.